The summed E-state index contributed by atoms with van der Waals surface area (Å²) in [4.78, 5) is 0. The van der Waals surface area contributed by atoms with Gasteiger partial charge in [0.05, 0.1) is 6.21 Å². The van der Waals surface area contributed by atoms with Crippen molar-refractivity contribution in [3.8, 4) is 0 Å². The Bertz CT molecular complexity index is 492. The quantitative estimate of drug-likeness (QED) is 0.471. The Kier molecular flexibility index (Phi) is 2.50. The molecule has 0 aliphatic heterocycles. The zero-order chi connectivity index (χ0) is 9.97. The minimum atomic E-state index is 1.01. The number of benzene rings is 2. The smallest absolute Gasteiger partial charge is 0.0538 e. The van der Waals surface area contributed by atoms with Gasteiger partial charge in [0.15, 0.2) is 0 Å². The molecule has 0 aliphatic rings. The van der Waals surface area contributed by atoms with E-state index >= 15 is 0 Å². The first kappa shape index (κ1) is 9.21. The van der Waals surface area contributed by atoms with Gasteiger partial charge in [0, 0.05) is 4.47 Å². The maximum Gasteiger partial charge on any atom is 0.0538 e. The average Bonchev–Trinajstić information content (AvgIpc) is 2.20. The zero-order valence-corrected chi connectivity index (χ0v) is 9.03. The highest BCUT2D eigenvalue weighted by molar-refractivity contribution is 9.10. The average molecular weight is 249 g/mol. The van der Waals surface area contributed by atoms with Gasteiger partial charge in [-0.05, 0) is 28.5 Å². The van der Waals surface area contributed by atoms with E-state index in [9.17, 15) is 0 Å². The summed E-state index contributed by atoms with van der Waals surface area (Å²) < 4.78 is 1.09. The van der Waals surface area contributed by atoms with Gasteiger partial charge in [-0.3, -0.25) is 0 Å². The van der Waals surface area contributed by atoms with Crippen LogP contribution in [0, 0.1) is 0 Å². The molecule has 3 heteroatoms. The van der Waals surface area contributed by atoms with E-state index in [1.54, 1.807) is 6.21 Å². The number of halogens is 1. The van der Waals surface area contributed by atoms with E-state index in [0.717, 1.165) is 10.0 Å². The molecule has 0 atom stereocenters. The summed E-state index contributed by atoms with van der Waals surface area (Å²) in [5.41, 5.74) is 1.01. The molecule has 2 N–H and O–H groups in total. The number of nitrogens with zero attached hydrogens (tertiary/aromatic N) is 1. The number of fused-ring (bicyclic) bond motifs is 1. The maximum absolute atomic E-state index is 5.10. The Labute approximate surface area is 90.6 Å². The Hall–Kier alpha value is -1.35. The minimum absolute atomic E-state index is 1.01. The maximum atomic E-state index is 5.10. The van der Waals surface area contributed by atoms with Crippen molar-refractivity contribution in [3.63, 3.8) is 0 Å². The van der Waals surface area contributed by atoms with Crippen molar-refractivity contribution in [2.24, 2.45) is 10.9 Å². The molecule has 14 heavy (non-hydrogen) atoms. The number of hydrazone groups is 1. The van der Waals surface area contributed by atoms with Crippen LogP contribution in [0.2, 0.25) is 0 Å². The van der Waals surface area contributed by atoms with Crippen LogP contribution in [-0.2, 0) is 0 Å². The molecule has 0 saturated heterocycles. The van der Waals surface area contributed by atoms with Crippen LogP contribution in [0.15, 0.2) is 46.0 Å². The fourth-order valence-electron chi connectivity index (χ4n) is 1.42. The van der Waals surface area contributed by atoms with E-state index in [-0.39, 0.29) is 0 Å². The normalized spacial score (nSPS) is 11.2. The molecule has 2 rings (SSSR count). The first-order valence-electron chi connectivity index (χ1n) is 4.23. The number of hydrogen-bond acceptors (Lipinski definition) is 2. The number of hydrogen-bond donors (Lipinski definition) is 1. The van der Waals surface area contributed by atoms with Crippen molar-refractivity contribution in [3.05, 3.63) is 46.4 Å². The van der Waals surface area contributed by atoms with Gasteiger partial charge < -0.3 is 5.84 Å². The van der Waals surface area contributed by atoms with Crippen LogP contribution in [0.1, 0.15) is 5.56 Å². The minimum Gasteiger partial charge on any atom is -0.323 e. The van der Waals surface area contributed by atoms with Gasteiger partial charge >= 0.3 is 0 Å². The van der Waals surface area contributed by atoms with E-state index in [4.69, 9.17) is 5.84 Å². The Morgan fingerprint density at radius 2 is 2.07 bits per heavy atom. The highest BCUT2D eigenvalue weighted by Gasteiger charge is 1.98. The number of nitrogens with two attached hydrogens (primary N) is 1. The molecule has 2 nitrogen and oxygen atoms in total. The summed E-state index contributed by atoms with van der Waals surface area (Å²) in [5, 5.41) is 5.88. The standard InChI is InChI=1S/C11H9BrN2/c12-11-3-1-2-9-5-4-8(7-14-13)6-10(9)11/h1-7H,13H2. The van der Waals surface area contributed by atoms with Gasteiger partial charge in [0.2, 0.25) is 0 Å². The lowest BCUT2D eigenvalue weighted by atomic mass is 10.1. The first-order chi connectivity index (χ1) is 6.81. The fraction of sp³-hybridized carbons (Fsp3) is 0. The van der Waals surface area contributed by atoms with E-state index in [0.29, 0.717) is 0 Å². The summed E-state index contributed by atoms with van der Waals surface area (Å²) in [6.45, 7) is 0. The molecule has 0 bridgehead atoms. The van der Waals surface area contributed by atoms with Crippen molar-refractivity contribution >= 4 is 32.9 Å². The monoisotopic (exact) mass is 248 g/mol. The molecule has 0 radical (unpaired) electrons. The summed E-state index contributed by atoms with van der Waals surface area (Å²) in [5.74, 6) is 5.10. The van der Waals surface area contributed by atoms with Crippen LogP contribution < -0.4 is 5.84 Å². The third-order valence-corrected chi connectivity index (χ3v) is 2.77. The van der Waals surface area contributed by atoms with Crippen LogP contribution in [0.3, 0.4) is 0 Å². The third kappa shape index (κ3) is 1.63. The topological polar surface area (TPSA) is 38.4 Å². The zero-order valence-electron chi connectivity index (χ0n) is 7.44. The SMILES string of the molecule is NN=Cc1ccc2cccc(Br)c2c1. The van der Waals surface area contributed by atoms with Crippen LogP contribution in [0.5, 0.6) is 0 Å². The van der Waals surface area contributed by atoms with E-state index < -0.39 is 0 Å². The van der Waals surface area contributed by atoms with Crippen LogP contribution in [0.25, 0.3) is 10.8 Å². The molecular weight excluding hydrogens is 240 g/mol. The molecule has 2 aromatic carbocycles. The van der Waals surface area contributed by atoms with Crippen molar-refractivity contribution in [2.75, 3.05) is 0 Å². The fourth-order valence-corrected chi connectivity index (χ4v) is 1.91. The Morgan fingerprint density at radius 3 is 2.86 bits per heavy atom. The molecule has 0 unspecified atom stereocenters. The second-order valence-corrected chi connectivity index (χ2v) is 3.85. The molecule has 0 spiro atoms. The second-order valence-electron chi connectivity index (χ2n) is 3.00. The molecule has 0 aliphatic carbocycles. The molecule has 0 aromatic heterocycles. The molecule has 70 valence electrons. The lowest BCUT2D eigenvalue weighted by Crippen LogP contribution is -1.86. The van der Waals surface area contributed by atoms with Gasteiger partial charge in [-0.2, -0.15) is 5.10 Å². The predicted octanol–water partition coefficient (Wildman–Crippen LogP) is 2.89. The predicted molar refractivity (Wildman–Crippen MR) is 63.4 cm³/mol. The summed E-state index contributed by atoms with van der Waals surface area (Å²) in [6, 6.07) is 12.2. The van der Waals surface area contributed by atoms with Crippen molar-refractivity contribution < 1.29 is 0 Å². The molecule has 0 amide bonds. The Morgan fingerprint density at radius 1 is 1.21 bits per heavy atom. The van der Waals surface area contributed by atoms with Crippen LogP contribution >= 0.6 is 15.9 Å². The molecule has 0 fully saturated rings. The van der Waals surface area contributed by atoms with Gasteiger partial charge in [-0.25, -0.2) is 0 Å². The van der Waals surface area contributed by atoms with Gasteiger partial charge in [0.25, 0.3) is 0 Å². The molecular formula is C11H9BrN2. The largest absolute Gasteiger partial charge is 0.323 e. The van der Waals surface area contributed by atoms with Crippen molar-refractivity contribution in [1.82, 2.24) is 0 Å². The Balaban J connectivity index is 2.69. The van der Waals surface area contributed by atoms with Gasteiger partial charge in [-0.1, -0.05) is 40.2 Å². The number of rotatable bonds is 1. The lowest BCUT2D eigenvalue weighted by molar-refractivity contribution is 1.26. The van der Waals surface area contributed by atoms with Crippen LogP contribution in [-0.4, -0.2) is 6.21 Å². The van der Waals surface area contributed by atoms with E-state index in [1.165, 1.54) is 10.8 Å². The highest BCUT2D eigenvalue weighted by Crippen LogP contribution is 2.24. The van der Waals surface area contributed by atoms with E-state index in [2.05, 4.69) is 39.2 Å². The highest BCUT2D eigenvalue weighted by atomic mass is 79.9. The third-order valence-electron chi connectivity index (χ3n) is 2.08. The first-order valence-corrected chi connectivity index (χ1v) is 5.02. The summed E-state index contributed by atoms with van der Waals surface area (Å²) in [7, 11) is 0. The molecule has 2 aromatic rings. The van der Waals surface area contributed by atoms with Gasteiger partial charge in [0.1, 0.15) is 0 Å². The van der Waals surface area contributed by atoms with Crippen molar-refractivity contribution in [1.29, 1.82) is 0 Å². The summed E-state index contributed by atoms with van der Waals surface area (Å²) in [6.07, 6.45) is 1.64. The lowest BCUT2D eigenvalue weighted by Gasteiger charge is -2.01. The second kappa shape index (κ2) is 3.80. The van der Waals surface area contributed by atoms with Gasteiger partial charge in [-0.15, -0.1) is 0 Å². The molecule has 0 heterocycles. The van der Waals surface area contributed by atoms with Crippen molar-refractivity contribution in [2.45, 2.75) is 0 Å². The molecule has 0 saturated carbocycles. The van der Waals surface area contributed by atoms with Crippen LogP contribution in [0.4, 0.5) is 0 Å². The van der Waals surface area contributed by atoms with E-state index in [1.807, 2.05) is 18.2 Å². The summed E-state index contributed by atoms with van der Waals surface area (Å²) >= 11 is 3.51.